The van der Waals surface area contributed by atoms with Gasteiger partial charge >= 0.3 is 0 Å². The van der Waals surface area contributed by atoms with E-state index in [1.165, 1.54) is 27.8 Å². The Labute approximate surface area is 130 Å². The SMILES string of the molecule is COc1c(C)cc(C(Br)Cc2ccc(C)cc2)cc1C. The molecule has 0 radical (unpaired) electrons. The molecule has 2 aromatic rings. The summed E-state index contributed by atoms with van der Waals surface area (Å²) >= 11 is 3.82. The minimum Gasteiger partial charge on any atom is -0.496 e. The van der Waals surface area contributed by atoms with E-state index in [0.29, 0.717) is 4.83 Å². The van der Waals surface area contributed by atoms with Gasteiger partial charge in [-0.05, 0) is 49.4 Å². The number of halogens is 1. The van der Waals surface area contributed by atoms with E-state index in [1.54, 1.807) is 7.11 Å². The fourth-order valence-corrected chi connectivity index (χ4v) is 3.17. The van der Waals surface area contributed by atoms with Crippen LogP contribution in [0.25, 0.3) is 0 Å². The summed E-state index contributed by atoms with van der Waals surface area (Å²) in [5.41, 5.74) is 6.34. The second-order valence-electron chi connectivity index (χ2n) is 5.35. The zero-order valence-electron chi connectivity index (χ0n) is 12.5. The van der Waals surface area contributed by atoms with Crippen molar-refractivity contribution in [1.82, 2.24) is 0 Å². The fraction of sp³-hybridized carbons (Fsp3) is 0.333. The first-order valence-corrected chi connectivity index (χ1v) is 7.77. The highest BCUT2D eigenvalue weighted by Crippen LogP contribution is 2.32. The molecule has 2 aromatic carbocycles. The molecule has 1 unspecified atom stereocenters. The van der Waals surface area contributed by atoms with E-state index >= 15 is 0 Å². The van der Waals surface area contributed by atoms with Gasteiger partial charge in [0.05, 0.1) is 7.11 Å². The van der Waals surface area contributed by atoms with E-state index in [1.807, 2.05) is 0 Å². The average molecular weight is 333 g/mol. The highest BCUT2D eigenvalue weighted by atomic mass is 79.9. The lowest BCUT2D eigenvalue weighted by atomic mass is 9.99. The molecule has 1 atom stereocenters. The third-order valence-corrected chi connectivity index (χ3v) is 4.44. The number of aryl methyl sites for hydroxylation is 3. The van der Waals surface area contributed by atoms with E-state index in [0.717, 1.165) is 12.2 Å². The Kier molecular flexibility index (Phi) is 4.87. The molecule has 0 saturated heterocycles. The summed E-state index contributed by atoms with van der Waals surface area (Å²) in [5.74, 6) is 0.990. The molecule has 106 valence electrons. The maximum atomic E-state index is 5.43. The highest BCUT2D eigenvalue weighted by molar-refractivity contribution is 9.09. The van der Waals surface area contributed by atoms with Crippen molar-refractivity contribution in [2.24, 2.45) is 0 Å². The summed E-state index contributed by atoms with van der Waals surface area (Å²) in [6.45, 7) is 6.31. The predicted octanol–water partition coefficient (Wildman–Crippen LogP) is 5.30. The quantitative estimate of drug-likeness (QED) is 0.690. The molecule has 2 heteroatoms. The molecule has 0 heterocycles. The van der Waals surface area contributed by atoms with Crippen molar-refractivity contribution >= 4 is 15.9 Å². The third-order valence-electron chi connectivity index (χ3n) is 3.58. The second kappa shape index (κ2) is 6.45. The summed E-state index contributed by atoms with van der Waals surface area (Å²) in [6, 6.07) is 13.2. The van der Waals surface area contributed by atoms with Crippen LogP contribution in [0.3, 0.4) is 0 Å². The number of methoxy groups -OCH3 is 1. The van der Waals surface area contributed by atoms with Crippen LogP contribution in [0.1, 0.15) is 32.6 Å². The zero-order chi connectivity index (χ0) is 14.7. The van der Waals surface area contributed by atoms with E-state index < -0.39 is 0 Å². The van der Waals surface area contributed by atoms with Gasteiger partial charge in [-0.3, -0.25) is 0 Å². The van der Waals surface area contributed by atoms with Gasteiger partial charge in [-0.15, -0.1) is 0 Å². The molecule has 0 aromatic heterocycles. The van der Waals surface area contributed by atoms with Crippen LogP contribution in [0.4, 0.5) is 0 Å². The van der Waals surface area contributed by atoms with Crippen molar-refractivity contribution in [3.8, 4) is 5.75 Å². The molecule has 0 fully saturated rings. The van der Waals surface area contributed by atoms with Crippen LogP contribution in [-0.2, 0) is 6.42 Å². The van der Waals surface area contributed by atoms with Crippen LogP contribution in [0, 0.1) is 20.8 Å². The normalized spacial score (nSPS) is 12.2. The number of benzene rings is 2. The maximum Gasteiger partial charge on any atom is 0.124 e. The van der Waals surface area contributed by atoms with Crippen LogP contribution < -0.4 is 4.74 Å². The first-order valence-electron chi connectivity index (χ1n) is 6.86. The van der Waals surface area contributed by atoms with E-state index in [9.17, 15) is 0 Å². The molecule has 0 spiro atoms. The second-order valence-corrected chi connectivity index (χ2v) is 6.45. The summed E-state index contributed by atoms with van der Waals surface area (Å²) in [7, 11) is 1.73. The van der Waals surface area contributed by atoms with E-state index in [-0.39, 0.29) is 0 Å². The lowest BCUT2D eigenvalue weighted by Gasteiger charge is -2.15. The Balaban J connectivity index is 2.21. The molecule has 0 aliphatic heterocycles. The van der Waals surface area contributed by atoms with E-state index in [2.05, 4.69) is 73.1 Å². The summed E-state index contributed by atoms with van der Waals surface area (Å²) in [6.07, 6.45) is 0.992. The van der Waals surface area contributed by atoms with Gasteiger partial charge in [0.1, 0.15) is 5.75 Å². The summed E-state index contributed by atoms with van der Waals surface area (Å²) in [5, 5.41) is 0. The van der Waals surface area contributed by atoms with Crippen molar-refractivity contribution in [3.63, 3.8) is 0 Å². The van der Waals surface area contributed by atoms with Crippen molar-refractivity contribution in [2.75, 3.05) is 7.11 Å². The first kappa shape index (κ1) is 15.1. The van der Waals surface area contributed by atoms with Crippen molar-refractivity contribution in [3.05, 3.63) is 64.2 Å². The fourth-order valence-electron chi connectivity index (χ4n) is 2.54. The predicted molar refractivity (Wildman–Crippen MR) is 89.0 cm³/mol. The molecular formula is C18H21BrO. The molecule has 2 rings (SSSR count). The molecule has 0 amide bonds. The van der Waals surface area contributed by atoms with Crippen LogP contribution in [0.2, 0.25) is 0 Å². The summed E-state index contributed by atoms with van der Waals surface area (Å²) < 4.78 is 5.43. The van der Waals surface area contributed by atoms with Gasteiger partial charge in [-0.2, -0.15) is 0 Å². The van der Waals surface area contributed by atoms with Gasteiger partial charge < -0.3 is 4.74 Å². The lowest BCUT2D eigenvalue weighted by Crippen LogP contribution is -1.99. The number of hydrogen-bond donors (Lipinski definition) is 0. The van der Waals surface area contributed by atoms with Gasteiger partial charge in [-0.25, -0.2) is 0 Å². The van der Waals surface area contributed by atoms with Gasteiger partial charge in [0.25, 0.3) is 0 Å². The Morgan fingerprint density at radius 3 is 2.05 bits per heavy atom. The van der Waals surface area contributed by atoms with Crippen LogP contribution in [-0.4, -0.2) is 7.11 Å². The van der Waals surface area contributed by atoms with Gasteiger partial charge in [0.15, 0.2) is 0 Å². The lowest BCUT2D eigenvalue weighted by molar-refractivity contribution is 0.408. The third kappa shape index (κ3) is 3.43. The van der Waals surface area contributed by atoms with E-state index in [4.69, 9.17) is 4.74 Å². The molecule has 0 bridgehead atoms. The standard InChI is InChI=1S/C18H21BrO/c1-12-5-7-15(8-6-12)11-17(19)16-9-13(2)18(20-4)14(3)10-16/h5-10,17H,11H2,1-4H3. The monoisotopic (exact) mass is 332 g/mol. The summed E-state index contributed by atoms with van der Waals surface area (Å²) in [4.78, 5) is 0.327. The Bertz CT molecular complexity index is 564. The first-order chi connectivity index (χ1) is 9.51. The Morgan fingerprint density at radius 1 is 1.00 bits per heavy atom. The molecule has 20 heavy (non-hydrogen) atoms. The van der Waals surface area contributed by atoms with Gasteiger partial charge in [0, 0.05) is 4.83 Å². The minimum atomic E-state index is 0.327. The number of rotatable bonds is 4. The highest BCUT2D eigenvalue weighted by Gasteiger charge is 2.12. The minimum absolute atomic E-state index is 0.327. The van der Waals surface area contributed by atoms with Crippen LogP contribution >= 0.6 is 15.9 Å². The van der Waals surface area contributed by atoms with Crippen molar-refractivity contribution in [2.45, 2.75) is 32.0 Å². The van der Waals surface area contributed by atoms with Crippen molar-refractivity contribution in [1.29, 1.82) is 0 Å². The Morgan fingerprint density at radius 2 is 1.55 bits per heavy atom. The zero-order valence-corrected chi connectivity index (χ0v) is 14.1. The Hall–Kier alpha value is -1.28. The molecule has 0 aliphatic carbocycles. The van der Waals surface area contributed by atoms with Crippen LogP contribution in [0.15, 0.2) is 36.4 Å². The average Bonchev–Trinajstić information content (AvgIpc) is 2.41. The molecule has 0 saturated carbocycles. The molecule has 0 N–H and O–H groups in total. The molecule has 1 nitrogen and oxygen atoms in total. The molecular weight excluding hydrogens is 312 g/mol. The number of ether oxygens (including phenoxy) is 1. The largest absolute Gasteiger partial charge is 0.496 e. The number of alkyl halides is 1. The van der Waals surface area contributed by atoms with Gasteiger partial charge in [-0.1, -0.05) is 57.9 Å². The smallest absolute Gasteiger partial charge is 0.124 e. The van der Waals surface area contributed by atoms with Crippen molar-refractivity contribution < 1.29 is 4.74 Å². The van der Waals surface area contributed by atoms with Crippen LogP contribution in [0.5, 0.6) is 5.75 Å². The molecule has 0 aliphatic rings. The topological polar surface area (TPSA) is 9.23 Å². The van der Waals surface area contributed by atoms with Gasteiger partial charge in [0.2, 0.25) is 0 Å². The number of hydrogen-bond acceptors (Lipinski definition) is 1. The maximum absolute atomic E-state index is 5.43.